The number of carbonyl (C=O) groups is 3. The van der Waals surface area contributed by atoms with Gasteiger partial charge in [-0.25, -0.2) is 4.90 Å². The Balaban J connectivity index is 1.56. The number of nitrogens with zero attached hydrogens (tertiary/aromatic N) is 2. The Morgan fingerprint density at radius 3 is 2.38 bits per heavy atom. The number of hydrogen-bond acceptors (Lipinski definition) is 4. The third-order valence-corrected chi connectivity index (χ3v) is 7.08. The number of Topliss-reactive ketones (excluding diaryl/α,β-unsaturated/α-hetero) is 1. The smallest absolute Gasteiger partial charge is 0.239 e. The van der Waals surface area contributed by atoms with Crippen molar-refractivity contribution >= 4 is 46.5 Å². The summed E-state index contributed by atoms with van der Waals surface area (Å²) in [7, 11) is 0. The first kappa shape index (κ1) is 18.8. The average molecular weight is 429 g/mol. The molecule has 3 heterocycles. The van der Waals surface area contributed by atoms with Crippen molar-refractivity contribution in [2.45, 2.75) is 24.9 Å². The van der Waals surface area contributed by atoms with E-state index in [1.165, 1.54) is 11.0 Å². The molecule has 3 aliphatic heterocycles. The van der Waals surface area contributed by atoms with Crippen molar-refractivity contribution in [1.29, 1.82) is 0 Å². The molecular formula is C22H18Cl2N2O3. The first-order valence-corrected chi connectivity index (χ1v) is 10.4. The lowest BCUT2D eigenvalue weighted by Gasteiger charge is -2.27. The fraction of sp³-hybridized carbons (Fsp3) is 0.318. The summed E-state index contributed by atoms with van der Waals surface area (Å²) < 4.78 is 0. The van der Waals surface area contributed by atoms with Gasteiger partial charge in [0, 0.05) is 11.6 Å². The maximum Gasteiger partial charge on any atom is 0.239 e. The minimum absolute atomic E-state index is 0.0816. The van der Waals surface area contributed by atoms with Crippen LogP contribution in [-0.4, -0.2) is 41.1 Å². The van der Waals surface area contributed by atoms with E-state index >= 15 is 0 Å². The molecule has 29 heavy (non-hydrogen) atoms. The molecule has 0 bridgehead atoms. The highest BCUT2D eigenvalue weighted by Crippen LogP contribution is 2.48. The summed E-state index contributed by atoms with van der Waals surface area (Å²) in [5.41, 5.74) is 0.969. The van der Waals surface area contributed by atoms with Crippen LogP contribution in [0.25, 0.3) is 0 Å². The Morgan fingerprint density at radius 1 is 0.931 bits per heavy atom. The lowest BCUT2D eigenvalue weighted by Crippen LogP contribution is -2.46. The van der Waals surface area contributed by atoms with E-state index in [-0.39, 0.29) is 28.7 Å². The average Bonchev–Trinajstić information content (AvgIpc) is 3.37. The number of ketones is 1. The number of rotatable bonds is 3. The van der Waals surface area contributed by atoms with E-state index in [2.05, 4.69) is 4.90 Å². The van der Waals surface area contributed by atoms with Crippen molar-refractivity contribution in [3.63, 3.8) is 0 Å². The number of benzene rings is 2. The maximum atomic E-state index is 13.4. The second-order valence-electron chi connectivity index (χ2n) is 7.78. The standard InChI is InChI=1S/C22H18Cl2N2O3/c23-14-9-8-13(11-15(14)24)26-21(28)17-16-7-4-10-25(16)19(18(17)22(26)29)20(27)12-5-2-1-3-6-12/h1-3,5-6,8-9,11,16-19H,4,7,10H2. The molecule has 3 fully saturated rings. The van der Waals surface area contributed by atoms with Gasteiger partial charge in [0.15, 0.2) is 5.78 Å². The SMILES string of the molecule is O=C(c1ccccc1)C1C2C(=O)N(c3ccc(Cl)c(Cl)c3)C(=O)C2C2CCCN21. The van der Waals surface area contributed by atoms with E-state index in [9.17, 15) is 14.4 Å². The van der Waals surface area contributed by atoms with Crippen LogP contribution in [0.4, 0.5) is 5.69 Å². The molecule has 2 aromatic carbocycles. The molecule has 3 aliphatic rings. The fourth-order valence-corrected chi connectivity index (χ4v) is 5.46. The zero-order chi connectivity index (χ0) is 20.3. The van der Waals surface area contributed by atoms with Crippen LogP contribution in [0.1, 0.15) is 23.2 Å². The lowest BCUT2D eigenvalue weighted by atomic mass is 9.85. The van der Waals surface area contributed by atoms with Gasteiger partial charge in [-0.15, -0.1) is 0 Å². The van der Waals surface area contributed by atoms with Gasteiger partial charge in [-0.1, -0.05) is 53.5 Å². The Hall–Kier alpha value is -2.21. The predicted octanol–water partition coefficient (Wildman–Crippen LogP) is 3.83. The minimum Gasteiger partial charge on any atom is -0.292 e. The molecule has 0 aromatic heterocycles. The normalized spacial score (nSPS) is 28.7. The summed E-state index contributed by atoms with van der Waals surface area (Å²) in [5.74, 6) is -1.85. The molecule has 4 unspecified atom stereocenters. The summed E-state index contributed by atoms with van der Waals surface area (Å²) in [6.07, 6.45) is 1.73. The summed E-state index contributed by atoms with van der Waals surface area (Å²) in [6.45, 7) is 0.730. The molecule has 0 spiro atoms. The van der Waals surface area contributed by atoms with Crippen LogP contribution < -0.4 is 4.90 Å². The number of fused-ring (bicyclic) bond motifs is 3. The van der Waals surface area contributed by atoms with Crippen molar-refractivity contribution in [1.82, 2.24) is 4.90 Å². The second kappa shape index (κ2) is 6.94. The molecular weight excluding hydrogens is 411 g/mol. The minimum atomic E-state index is -0.671. The number of halogens is 2. The van der Waals surface area contributed by atoms with E-state index in [4.69, 9.17) is 23.2 Å². The largest absolute Gasteiger partial charge is 0.292 e. The third kappa shape index (κ3) is 2.75. The lowest BCUT2D eigenvalue weighted by molar-refractivity contribution is -0.123. The molecule has 0 N–H and O–H groups in total. The molecule has 0 radical (unpaired) electrons. The molecule has 4 atom stereocenters. The third-order valence-electron chi connectivity index (χ3n) is 6.34. The Morgan fingerprint density at radius 2 is 1.66 bits per heavy atom. The van der Waals surface area contributed by atoms with Gasteiger partial charge in [0.05, 0.1) is 33.6 Å². The van der Waals surface area contributed by atoms with Crippen LogP contribution in [0.2, 0.25) is 10.0 Å². The van der Waals surface area contributed by atoms with E-state index in [0.717, 1.165) is 19.4 Å². The van der Waals surface area contributed by atoms with Gasteiger partial charge in [-0.3, -0.25) is 19.3 Å². The van der Waals surface area contributed by atoms with Gasteiger partial charge < -0.3 is 0 Å². The molecule has 0 saturated carbocycles. The summed E-state index contributed by atoms with van der Waals surface area (Å²) in [5, 5.41) is 0.634. The molecule has 0 aliphatic carbocycles. The fourth-order valence-electron chi connectivity index (χ4n) is 5.17. The van der Waals surface area contributed by atoms with Crippen molar-refractivity contribution in [2.24, 2.45) is 11.8 Å². The first-order valence-electron chi connectivity index (χ1n) is 9.67. The topological polar surface area (TPSA) is 57.7 Å². The van der Waals surface area contributed by atoms with Crippen molar-refractivity contribution < 1.29 is 14.4 Å². The summed E-state index contributed by atoms with van der Waals surface area (Å²) in [6, 6.07) is 13.0. The number of anilines is 1. The Labute approximate surface area is 178 Å². The molecule has 2 aromatic rings. The summed E-state index contributed by atoms with van der Waals surface area (Å²) in [4.78, 5) is 43.4. The number of amides is 2. The van der Waals surface area contributed by atoms with E-state index in [1.807, 2.05) is 18.2 Å². The predicted molar refractivity (Wildman–Crippen MR) is 110 cm³/mol. The van der Waals surface area contributed by atoms with Crippen molar-refractivity contribution in [2.75, 3.05) is 11.4 Å². The molecule has 148 valence electrons. The number of carbonyl (C=O) groups excluding carboxylic acids is 3. The quantitative estimate of drug-likeness (QED) is 0.550. The maximum absolute atomic E-state index is 13.4. The zero-order valence-electron chi connectivity index (χ0n) is 15.4. The van der Waals surface area contributed by atoms with Crippen LogP contribution in [0.3, 0.4) is 0 Å². The zero-order valence-corrected chi connectivity index (χ0v) is 16.9. The van der Waals surface area contributed by atoms with E-state index in [0.29, 0.717) is 16.3 Å². The van der Waals surface area contributed by atoms with Crippen LogP contribution in [0.15, 0.2) is 48.5 Å². The molecule has 3 saturated heterocycles. The molecule has 2 amide bonds. The van der Waals surface area contributed by atoms with Crippen molar-refractivity contribution in [3.8, 4) is 0 Å². The van der Waals surface area contributed by atoms with Gasteiger partial charge in [-0.2, -0.15) is 0 Å². The van der Waals surface area contributed by atoms with Gasteiger partial charge in [0.25, 0.3) is 0 Å². The highest BCUT2D eigenvalue weighted by molar-refractivity contribution is 6.42. The van der Waals surface area contributed by atoms with Gasteiger partial charge >= 0.3 is 0 Å². The Kier molecular flexibility index (Phi) is 4.50. The molecule has 5 rings (SSSR count). The highest BCUT2D eigenvalue weighted by atomic mass is 35.5. The highest BCUT2D eigenvalue weighted by Gasteiger charge is 2.64. The monoisotopic (exact) mass is 428 g/mol. The first-order chi connectivity index (χ1) is 14.0. The van der Waals surface area contributed by atoms with Crippen LogP contribution in [-0.2, 0) is 9.59 Å². The van der Waals surface area contributed by atoms with E-state index in [1.54, 1.807) is 24.3 Å². The van der Waals surface area contributed by atoms with Crippen LogP contribution >= 0.6 is 23.2 Å². The van der Waals surface area contributed by atoms with E-state index < -0.39 is 17.9 Å². The Bertz CT molecular complexity index is 1030. The van der Waals surface area contributed by atoms with Gasteiger partial charge in [0.1, 0.15) is 0 Å². The molecule has 5 nitrogen and oxygen atoms in total. The van der Waals surface area contributed by atoms with Crippen molar-refractivity contribution in [3.05, 3.63) is 64.1 Å². The van der Waals surface area contributed by atoms with Gasteiger partial charge in [0.2, 0.25) is 11.8 Å². The number of imide groups is 1. The second-order valence-corrected chi connectivity index (χ2v) is 8.60. The summed E-state index contributed by atoms with van der Waals surface area (Å²) >= 11 is 12.1. The number of hydrogen-bond donors (Lipinski definition) is 0. The molecule has 7 heteroatoms. The van der Waals surface area contributed by atoms with Gasteiger partial charge in [-0.05, 0) is 37.6 Å². The van der Waals surface area contributed by atoms with Crippen LogP contribution in [0.5, 0.6) is 0 Å². The van der Waals surface area contributed by atoms with Crippen LogP contribution in [0, 0.1) is 11.8 Å².